The van der Waals surface area contributed by atoms with Crippen molar-refractivity contribution in [2.75, 3.05) is 31.2 Å². The van der Waals surface area contributed by atoms with Gasteiger partial charge in [0.2, 0.25) is 0 Å². The predicted octanol–water partition coefficient (Wildman–Crippen LogP) is 4.84. The van der Waals surface area contributed by atoms with Crippen LogP contribution in [-0.4, -0.2) is 47.3 Å². The molecule has 0 bridgehead atoms. The van der Waals surface area contributed by atoms with Gasteiger partial charge in [0.25, 0.3) is 0 Å². The molecule has 3 rings (SSSR count). The van der Waals surface area contributed by atoms with E-state index in [2.05, 4.69) is 28.9 Å². The Bertz CT molecular complexity index is 862. The van der Waals surface area contributed by atoms with E-state index >= 15 is 0 Å². The summed E-state index contributed by atoms with van der Waals surface area (Å²) in [7, 11) is 0. The van der Waals surface area contributed by atoms with Crippen molar-refractivity contribution >= 4 is 11.8 Å². The lowest BCUT2D eigenvalue weighted by Crippen LogP contribution is -2.34. The summed E-state index contributed by atoms with van der Waals surface area (Å²) in [6.07, 6.45) is 5.29. The summed E-state index contributed by atoms with van der Waals surface area (Å²) < 4.78 is 11.4. The summed E-state index contributed by atoms with van der Waals surface area (Å²) in [5.41, 5.74) is 2.65. The van der Waals surface area contributed by atoms with Gasteiger partial charge in [-0.3, -0.25) is 4.79 Å². The zero-order chi connectivity index (χ0) is 23.1. The Labute approximate surface area is 191 Å². The molecule has 0 unspecified atom stereocenters. The van der Waals surface area contributed by atoms with Crippen LogP contribution >= 0.6 is 0 Å². The third-order valence-corrected chi connectivity index (χ3v) is 6.20. The molecule has 32 heavy (non-hydrogen) atoms. The summed E-state index contributed by atoms with van der Waals surface area (Å²) in [5, 5.41) is 13.0. The van der Waals surface area contributed by atoms with Crippen molar-refractivity contribution in [3.05, 3.63) is 34.6 Å². The van der Waals surface area contributed by atoms with Gasteiger partial charge >= 0.3 is 6.01 Å². The number of Topliss-reactive ketones (excluding diaryl/α,β-unsaturated/α-hetero) is 1. The summed E-state index contributed by atoms with van der Waals surface area (Å²) >= 11 is 0. The van der Waals surface area contributed by atoms with E-state index in [-0.39, 0.29) is 18.3 Å². The highest BCUT2D eigenvalue weighted by atomic mass is 16.5. The molecule has 0 amide bonds. The van der Waals surface area contributed by atoms with E-state index in [0.29, 0.717) is 31.4 Å². The van der Waals surface area contributed by atoms with E-state index in [4.69, 9.17) is 14.4 Å². The van der Waals surface area contributed by atoms with E-state index in [1.165, 1.54) is 0 Å². The lowest BCUT2D eigenvalue weighted by Gasteiger charge is -2.30. The van der Waals surface area contributed by atoms with Gasteiger partial charge in [0.1, 0.15) is 5.75 Å². The topological polar surface area (TPSA) is 88.7 Å². The number of benzene rings is 1. The third kappa shape index (κ3) is 6.31. The molecule has 1 N–H and O–H groups in total. The number of aliphatic hydroxyl groups is 1. The zero-order valence-corrected chi connectivity index (χ0v) is 19.9. The first-order chi connectivity index (χ1) is 15.4. The fourth-order valence-electron chi connectivity index (χ4n) is 4.38. The first kappa shape index (κ1) is 24.2. The van der Waals surface area contributed by atoms with Crippen molar-refractivity contribution in [3.63, 3.8) is 0 Å². The van der Waals surface area contributed by atoms with Gasteiger partial charge in [-0.1, -0.05) is 19.0 Å². The molecule has 1 aliphatic heterocycles. The number of piperidine rings is 1. The van der Waals surface area contributed by atoms with Crippen LogP contribution in [-0.2, 0) is 0 Å². The highest BCUT2D eigenvalue weighted by Crippen LogP contribution is 2.27. The largest absolute Gasteiger partial charge is 0.494 e. The second-order valence-corrected chi connectivity index (χ2v) is 9.19. The fourth-order valence-corrected chi connectivity index (χ4v) is 4.38. The van der Waals surface area contributed by atoms with Crippen LogP contribution in [0.1, 0.15) is 85.6 Å². The molecule has 1 saturated heterocycles. The Balaban J connectivity index is 1.40. The average Bonchev–Trinajstić information content (AvgIpc) is 3.26. The average molecular weight is 444 g/mol. The molecule has 7 nitrogen and oxygen atoms in total. The number of ketones is 1. The second-order valence-electron chi connectivity index (χ2n) is 9.19. The van der Waals surface area contributed by atoms with Crippen molar-refractivity contribution in [1.29, 1.82) is 0 Å². The number of aryl methyl sites for hydroxylation is 2. The first-order valence-corrected chi connectivity index (χ1v) is 11.9. The summed E-state index contributed by atoms with van der Waals surface area (Å²) in [4.78, 5) is 19.1. The van der Waals surface area contributed by atoms with E-state index in [1.807, 2.05) is 26.0 Å². The lowest BCUT2D eigenvalue weighted by atomic mass is 9.92. The van der Waals surface area contributed by atoms with Crippen molar-refractivity contribution in [1.82, 2.24) is 10.1 Å². The number of carbonyl (C=O) groups excluding carboxylic acids is 1. The molecule has 0 saturated carbocycles. The van der Waals surface area contributed by atoms with Crippen LogP contribution in [0.25, 0.3) is 0 Å². The zero-order valence-electron chi connectivity index (χ0n) is 19.9. The van der Waals surface area contributed by atoms with Gasteiger partial charge in [-0.2, -0.15) is 4.98 Å². The maximum atomic E-state index is 12.4. The van der Waals surface area contributed by atoms with Gasteiger partial charge in [-0.25, -0.2) is 0 Å². The number of aliphatic hydroxyl groups excluding tert-OH is 1. The minimum atomic E-state index is 0.0417. The predicted molar refractivity (Wildman–Crippen MR) is 125 cm³/mol. The molecule has 1 fully saturated rings. The molecule has 2 aromatic rings. The highest BCUT2D eigenvalue weighted by Gasteiger charge is 2.23. The van der Waals surface area contributed by atoms with E-state index in [1.54, 1.807) is 0 Å². The number of hydrogen-bond donors (Lipinski definition) is 1. The quantitative estimate of drug-likeness (QED) is 0.393. The van der Waals surface area contributed by atoms with Gasteiger partial charge in [0.05, 0.1) is 6.61 Å². The third-order valence-electron chi connectivity index (χ3n) is 6.20. The van der Waals surface area contributed by atoms with Gasteiger partial charge in [-0.15, -0.1) is 0 Å². The van der Waals surface area contributed by atoms with Crippen LogP contribution in [0.4, 0.5) is 6.01 Å². The molecule has 1 aliphatic rings. The molecule has 0 aliphatic carbocycles. The summed E-state index contributed by atoms with van der Waals surface area (Å²) in [6, 6.07) is 4.56. The SMILES string of the molecule is Cc1cc(OCCCC2CCN(c3nc(C(C)C)no3)CC2)cc(C)c1C(=O)CCCO. The Morgan fingerprint density at radius 1 is 1.22 bits per heavy atom. The summed E-state index contributed by atoms with van der Waals surface area (Å²) in [6.45, 7) is 10.7. The van der Waals surface area contributed by atoms with E-state index in [9.17, 15) is 4.79 Å². The number of anilines is 1. The Morgan fingerprint density at radius 3 is 2.50 bits per heavy atom. The number of nitrogens with zero attached hydrogens (tertiary/aromatic N) is 3. The molecule has 0 spiro atoms. The van der Waals surface area contributed by atoms with Crippen LogP contribution in [0.3, 0.4) is 0 Å². The second kappa shape index (κ2) is 11.5. The van der Waals surface area contributed by atoms with Crippen LogP contribution in [0.15, 0.2) is 16.7 Å². The monoisotopic (exact) mass is 443 g/mol. The van der Waals surface area contributed by atoms with Gasteiger partial charge in [0, 0.05) is 37.6 Å². The Kier molecular flexibility index (Phi) is 8.67. The van der Waals surface area contributed by atoms with Crippen molar-refractivity contribution in [3.8, 4) is 5.75 Å². The Morgan fingerprint density at radius 2 is 1.91 bits per heavy atom. The molecule has 0 atom stereocenters. The van der Waals surface area contributed by atoms with Gasteiger partial charge in [-0.05, 0) is 75.1 Å². The van der Waals surface area contributed by atoms with Crippen LogP contribution in [0.5, 0.6) is 5.75 Å². The molecular formula is C25H37N3O4. The first-order valence-electron chi connectivity index (χ1n) is 11.9. The normalized spacial score (nSPS) is 14.9. The number of aromatic nitrogens is 2. The number of rotatable bonds is 11. The molecule has 0 radical (unpaired) electrons. The van der Waals surface area contributed by atoms with Gasteiger partial charge in [0.15, 0.2) is 11.6 Å². The van der Waals surface area contributed by atoms with Crippen LogP contribution in [0, 0.1) is 19.8 Å². The van der Waals surface area contributed by atoms with Crippen LogP contribution in [0.2, 0.25) is 0 Å². The van der Waals surface area contributed by atoms with Crippen molar-refractivity contribution < 1.29 is 19.2 Å². The number of ether oxygens (including phenoxy) is 1. The minimum absolute atomic E-state index is 0.0417. The molecule has 1 aromatic carbocycles. The fraction of sp³-hybridized carbons (Fsp3) is 0.640. The van der Waals surface area contributed by atoms with Gasteiger partial charge < -0.3 is 19.3 Å². The van der Waals surface area contributed by atoms with E-state index in [0.717, 1.165) is 67.0 Å². The number of hydrogen-bond acceptors (Lipinski definition) is 7. The lowest BCUT2D eigenvalue weighted by molar-refractivity contribution is 0.0970. The van der Waals surface area contributed by atoms with Crippen molar-refractivity contribution in [2.45, 2.75) is 72.1 Å². The molecule has 1 aromatic heterocycles. The Hall–Kier alpha value is -2.41. The van der Waals surface area contributed by atoms with E-state index < -0.39 is 0 Å². The molecule has 7 heteroatoms. The smallest absolute Gasteiger partial charge is 0.324 e. The minimum Gasteiger partial charge on any atom is -0.494 e. The number of carbonyl (C=O) groups is 1. The highest BCUT2D eigenvalue weighted by molar-refractivity contribution is 5.99. The molecule has 2 heterocycles. The van der Waals surface area contributed by atoms with Crippen molar-refractivity contribution in [2.24, 2.45) is 5.92 Å². The maximum Gasteiger partial charge on any atom is 0.324 e. The van der Waals surface area contributed by atoms with Crippen LogP contribution < -0.4 is 9.64 Å². The maximum absolute atomic E-state index is 12.4. The molecule has 176 valence electrons. The molecular weight excluding hydrogens is 406 g/mol. The summed E-state index contributed by atoms with van der Waals surface area (Å²) in [5.74, 6) is 2.66. The standard InChI is InChI=1S/C25H37N3O4/c1-17(2)24-26-25(32-27-24)28-11-9-20(10-12-28)7-6-14-31-21-15-18(3)23(19(4)16-21)22(30)8-5-13-29/h15-17,20,29H,5-14H2,1-4H3.